The first-order valence-corrected chi connectivity index (χ1v) is 48.5. The summed E-state index contributed by atoms with van der Waals surface area (Å²) in [5, 5.41) is 61.2. The lowest BCUT2D eigenvalue weighted by atomic mass is 9.63. The molecule has 10 fully saturated rings. The van der Waals surface area contributed by atoms with Crippen molar-refractivity contribution in [1.29, 1.82) is 0 Å². The molecule has 27 nitrogen and oxygen atoms in total. The van der Waals surface area contributed by atoms with Gasteiger partial charge in [-0.1, -0.05) is 13.8 Å². The van der Waals surface area contributed by atoms with Crippen LogP contribution in [0, 0.1) is 47.3 Å². The topological polar surface area (TPSA) is 458 Å². The summed E-state index contributed by atoms with van der Waals surface area (Å²) in [5.41, 5.74) is 22.4. The summed E-state index contributed by atoms with van der Waals surface area (Å²) in [7, 11) is -4.57. The predicted molar refractivity (Wildman–Crippen MR) is 485 cm³/mol. The van der Waals surface area contributed by atoms with Crippen molar-refractivity contribution in [2.75, 3.05) is 45.8 Å². The highest BCUT2D eigenvalue weighted by atomic mass is 16.5. The molecule has 10 rings (SSSR count). The molecule has 5 aliphatic heterocycles. The number of rotatable bonds is 42. The molecule has 5 aliphatic carbocycles. The van der Waals surface area contributed by atoms with E-state index >= 15 is 0 Å². The Labute approximate surface area is 739 Å². The van der Waals surface area contributed by atoms with Crippen LogP contribution in [0.15, 0.2) is 0 Å². The standard InChI is InChI=1S/C22H40BNO4.2C18H33BN2O4.C17H30BNO4.C16H28BNO4/c1-16(2)5-4-12-24-20-9-6-18(7-10-20)14-21(26)15-19-8-11-22(13-17(3)25)28-23(19)27;2*1-13(22)10-18-7-4-15(19(24)25-18)12-17(23)11-14-2-5-16(6-3-14)21-9-8-20;1-12(20)8-17-7-6-15(18(22)23-17)10-16(21)9-13-2-4-14(11-19)5-3-13;1-11(19)8-15-7-6-14(17(21)22-15)9-16(20)13-4-2-12(10-18)3-5-13/h16,18-20,22,24,27H,4-15H2,1-3H3;2*14-16,18,21,24H,2-12,20H2,1H3;13-15,17,22H,2-11,19H2,1H3;12-15,21H,2-10,18H2,1H3/t18?,19-,20?,22+;14?,15-,16?,18+;14?,15-,16?,18-;13?,14?,15-,17+;12?,13?,14-,15+/m11111/s1. The number of hydrogen-bond acceptors (Lipinski definition) is 27. The maximum absolute atomic E-state index is 12.5. The summed E-state index contributed by atoms with van der Waals surface area (Å²) in [6.45, 7) is 17.8. The molecule has 5 saturated heterocycles. The van der Waals surface area contributed by atoms with E-state index in [1.165, 1.54) is 53.4 Å². The number of nitrogens with two attached hydrogens (primary N) is 4. The van der Waals surface area contributed by atoms with Crippen LogP contribution >= 0.6 is 0 Å². The van der Waals surface area contributed by atoms with Crippen molar-refractivity contribution in [3.8, 4) is 0 Å². The minimum Gasteiger partial charge on any atom is -0.427 e. The zero-order valence-electron chi connectivity index (χ0n) is 76.7. The van der Waals surface area contributed by atoms with Crippen LogP contribution in [0.2, 0.25) is 29.1 Å². The summed E-state index contributed by atoms with van der Waals surface area (Å²) in [5.74, 6) is 4.99. The Bertz CT molecular complexity index is 3020. The van der Waals surface area contributed by atoms with E-state index in [0.29, 0.717) is 163 Å². The van der Waals surface area contributed by atoms with Gasteiger partial charge in [0, 0.05) is 200 Å². The number of nitrogens with one attached hydrogen (secondary N) is 3. The number of hydrogen-bond donors (Lipinski definition) is 12. The lowest BCUT2D eigenvalue weighted by molar-refractivity contribution is -0.125. The molecule has 0 aromatic heterocycles. The van der Waals surface area contributed by atoms with Crippen molar-refractivity contribution in [2.24, 2.45) is 70.3 Å². The number of carbonyl (C=O) groups excluding carboxylic acids is 10. The van der Waals surface area contributed by atoms with E-state index in [1.807, 2.05) is 0 Å². The SMILES string of the molecule is CC(=O)C[C@@H]1CC[C@H](CC(=O)C2CCC(CN)CC2)B(O)O1.CC(=O)C[C@@H]1CC[C@H](CC(=O)CC2CCC(CN)CC2)B(O)O1.CC(=O)C[C@@H]1CC[C@H](CC(=O)CC2CCC(NCCCC(C)C)CC2)B(O)O1.CC(=O)C[C@@H]1CC[C@H](CC(=O)CC2CCC(NCCN)CC2)B(O)O1.CC(=O)C[C@H]1CC[C@H](CC(=O)CC2CCC(NCCN)CC2)B(O)O1. The molecule has 123 heavy (non-hydrogen) atoms. The second kappa shape index (κ2) is 59.6. The molecule has 5 heterocycles. The van der Waals surface area contributed by atoms with Gasteiger partial charge >= 0.3 is 35.6 Å². The Kier molecular flexibility index (Phi) is 52.4. The van der Waals surface area contributed by atoms with Gasteiger partial charge in [0.15, 0.2) is 0 Å². The number of carbonyl (C=O) groups is 10. The van der Waals surface area contributed by atoms with E-state index in [-0.39, 0.29) is 123 Å². The van der Waals surface area contributed by atoms with E-state index in [0.717, 1.165) is 212 Å². The Morgan fingerprint density at radius 2 is 0.520 bits per heavy atom. The molecule has 0 bridgehead atoms. The third-order valence-electron chi connectivity index (χ3n) is 28.1. The maximum atomic E-state index is 12.5. The molecule has 0 aromatic carbocycles. The average molecular weight is 1730 g/mol. The maximum Gasteiger partial charge on any atom is 0.458 e. The van der Waals surface area contributed by atoms with Crippen LogP contribution in [-0.2, 0) is 71.2 Å². The Hall–Kier alpha value is -3.66. The zero-order valence-corrected chi connectivity index (χ0v) is 76.7. The molecule has 5 saturated carbocycles. The molecule has 10 atom stereocenters. The van der Waals surface area contributed by atoms with Crippen LogP contribution in [0.25, 0.3) is 0 Å². The van der Waals surface area contributed by atoms with E-state index in [1.54, 1.807) is 6.92 Å². The van der Waals surface area contributed by atoms with Crippen LogP contribution in [0.5, 0.6) is 0 Å². The van der Waals surface area contributed by atoms with Crippen LogP contribution in [0.4, 0.5) is 0 Å². The zero-order chi connectivity index (χ0) is 89.9. The molecular weight excluding hydrogens is 1570 g/mol. The Morgan fingerprint density at radius 1 is 0.293 bits per heavy atom. The molecule has 0 unspecified atom stereocenters. The quantitative estimate of drug-likeness (QED) is 0.0199. The second-order valence-corrected chi connectivity index (χ2v) is 39.6. The molecule has 0 spiro atoms. The summed E-state index contributed by atoms with van der Waals surface area (Å²) in [6.07, 6.45) is 37.0. The first-order valence-electron chi connectivity index (χ1n) is 48.5. The lowest BCUT2D eigenvalue weighted by Gasteiger charge is -2.32. The highest BCUT2D eigenvalue weighted by Gasteiger charge is 2.43. The van der Waals surface area contributed by atoms with Crippen molar-refractivity contribution in [2.45, 2.75) is 422 Å². The smallest absolute Gasteiger partial charge is 0.427 e. The second-order valence-electron chi connectivity index (χ2n) is 39.6. The van der Waals surface area contributed by atoms with Gasteiger partial charge in [0.1, 0.15) is 57.8 Å². The van der Waals surface area contributed by atoms with E-state index < -0.39 is 35.6 Å². The summed E-state index contributed by atoms with van der Waals surface area (Å²) in [4.78, 5) is 118. The van der Waals surface area contributed by atoms with Gasteiger partial charge in [0.2, 0.25) is 0 Å². The molecular formula is C91H164B5N7O20. The molecule has 698 valence electrons. The molecule has 16 N–H and O–H groups in total. The molecule has 32 heteroatoms. The third-order valence-corrected chi connectivity index (χ3v) is 28.1. The van der Waals surface area contributed by atoms with Gasteiger partial charge in [-0.15, -0.1) is 0 Å². The first-order chi connectivity index (χ1) is 58.7. The molecule has 0 amide bonds. The normalized spacial score (nSPS) is 30.6. The van der Waals surface area contributed by atoms with Crippen molar-refractivity contribution in [3.63, 3.8) is 0 Å². The molecule has 0 radical (unpaired) electrons. The van der Waals surface area contributed by atoms with Crippen molar-refractivity contribution < 1.29 is 96.3 Å². The van der Waals surface area contributed by atoms with Gasteiger partial charge in [-0.25, -0.2) is 0 Å². The fourth-order valence-electron chi connectivity index (χ4n) is 20.7. The largest absolute Gasteiger partial charge is 0.458 e. The number of Topliss-reactive ketones (excluding diaryl/α,β-unsaturated/α-hetero) is 10. The van der Waals surface area contributed by atoms with Gasteiger partial charge < -0.3 is 87.3 Å². The van der Waals surface area contributed by atoms with E-state index in [4.69, 9.17) is 46.2 Å². The van der Waals surface area contributed by atoms with Crippen molar-refractivity contribution >= 4 is 93.4 Å². The van der Waals surface area contributed by atoms with Gasteiger partial charge in [-0.2, -0.15) is 0 Å². The van der Waals surface area contributed by atoms with Crippen LogP contribution < -0.4 is 38.9 Å². The fourth-order valence-corrected chi connectivity index (χ4v) is 20.7. The lowest BCUT2D eigenvalue weighted by Crippen LogP contribution is -2.38. The Morgan fingerprint density at radius 3 is 0.748 bits per heavy atom. The summed E-state index contributed by atoms with van der Waals surface area (Å²) >= 11 is 0. The van der Waals surface area contributed by atoms with Gasteiger partial charge in [0.25, 0.3) is 0 Å². The summed E-state index contributed by atoms with van der Waals surface area (Å²) in [6, 6.07) is 1.70. The average Bonchev–Trinajstić information content (AvgIpc) is 0.858. The highest BCUT2D eigenvalue weighted by molar-refractivity contribution is 6.47. The molecule has 0 aromatic rings. The van der Waals surface area contributed by atoms with Gasteiger partial charge in [-0.05, 0) is 301 Å². The predicted octanol–water partition coefficient (Wildman–Crippen LogP) is 10.7. The van der Waals surface area contributed by atoms with Gasteiger partial charge in [0.05, 0.1) is 0 Å². The fraction of sp³-hybridized carbons (Fsp3) is 0.890. The van der Waals surface area contributed by atoms with Crippen LogP contribution in [0.1, 0.15) is 344 Å². The highest BCUT2D eigenvalue weighted by Crippen LogP contribution is 2.41. The summed E-state index contributed by atoms with van der Waals surface area (Å²) < 4.78 is 27.6. The van der Waals surface area contributed by atoms with Gasteiger partial charge in [-0.3, -0.25) is 47.9 Å². The minimum absolute atomic E-state index is 0.0725. The third kappa shape index (κ3) is 44.2. The van der Waals surface area contributed by atoms with E-state index in [2.05, 4.69) is 29.8 Å². The van der Waals surface area contributed by atoms with E-state index in [9.17, 15) is 73.1 Å². The monoisotopic (exact) mass is 1730 g/mol. The van der Waals surface area contributed by atoms with Crippen molar-refractivity contribution in [1.82, 2.24) is 16.0 Å². The number of ketones is 10. The Balaban J connectivity index is 0.000000238. The van der Waals surface area contributed by atoms with Crippen LogP contribution in [0.3, 0.4) is 0 Å². The molecule has 10 aliphatic rings. The first kappa shape index (κ1) is 108. The van der Waals surface area contributed by atoms with Crippen molar-refractivity contribution in [3.05, 3.63) is 0 Å². The minimum atomic E-state index is -0.918. The van der Waals surface area contributed by atoms with Crippen LogP contribution in [-0.4, -0.2) is 213 Å².